The number of sulfone groups is 1. The highest BCUT2D eigenvalue weighted by Crippen LogP contribution is 2.13. The van der Waals surface area contributed by atoms with Gasteiger partial charge in [-0.15, -0.1) is 0 Å². The van der Waals surface area contributed by atoms with E-state index in [-0.39, 0.29) is 17.3 Å². The van der Waals surface area contributed by atoms with Gasteiger partial charge in [0, 0.05) is 6.61 Å². The zero-order chi connectivity index (χ0) is 12.0. The van der Waals surface area contributed by atoms with Gasteiger partial charge in [0.1, 0.15) is 5.82 Å². The minimum atomic E-state index is -3.31. The van der Waals surface area contributed by atoms with Gasteiger partial charge in [0.25, 0.3) is 0 Å². The number of unbranched alkanes of at least 4 members (excludes halogenated alkanes) is 2. The van der Waals surface area contributed by atoms with Crippen LogP contribution in [0.1, 0.15) is 19.3 Å². The second kappa shape index (κ2) is 5.96. The summed E-state index contributed by atoms with van der Waals surface area (Å²) in [5.41, 5.74) is 0. The molecule has 0 aliphatic carbocycles. The van der Waals surface area contributed by atoms with Crippen molar-refractivity contribution in [3.63, 3.8) is 0 Å². The maximum Gasteiger partial charge on any atom is 0.178 e. The summed E-state index contributed by atoms with van der Waals surface area (Å²) in [4.78, 5) is 0.151. The Labute approximate surface area is 94.8 Å². The third-order valence-corrected chi connectivity index (χ3v) is 4.06. The Morgan fingerprint density at radius 2 is 1.69 bits per heavy atom. The molecule has 0 heterocycles. The van der Waals surface area contributed by atoms with Crippen molar-refractivity contribution in [3.8, 4) is 0 Å². The Kier molecular flexibility index (Phi) is 4.89. The second-order valence-electron chi connectivity index (χ2n) is 3.56. The van der Waals surface area contributed by atoms with Gasteiger partial charge in [0.2, 0.25) is 0 Å². The Morgan fingerprint density at radius 3 is 2.25 bits per heavy atom. The number of hydrogen-bond acceptors (Lipinski definition) is 3. The van der Waals surface area contributed by atoms with Gasteiger partial charge in [-0.25, -0.2) is 12.8 Å². The predicted octanol–water partition coefficient (Wildman–Crippen LogP) is 1.76. The highest BCUT2D eigenvalue weighted by atomic mass is 32.2. The minimum absolute atomic E-state index is 0.0403. The molecule has 0 radical (unpaired) electrons. The fraction of sp³-hybridized carbons (Fsp3) is 0.455. The van der Waals surface area contributed by atoms with Gasteiger partial charge in [-0.3, -0.25) is 0 Å². The molecule has 0 saturated carbocycles. The average molecular weight is 246 g/mol. The lowest BCUT2D eigenvalue weighted by molar-refractivity contribution is 0.284. The lowest BCUT2D eigenvalue weighted by atomic mass is 10.3. The van der Waals surface area contributed by atoms with Gasteiger partial charge in [-0.1, -0.05) is 6.42 Å². The van der Waals surface area contributed by atoms with E-state index in [1.165, 1.54) is 12.1 Å². The van der Waals surface area contributed by atoms with E-state index in [1.54, 1.807) is 0 Å². The Morgan fingerprint density at radius 1 is 1.06 bits per heavy atom. The topological polar surface area (TPSA) is 54.4 Å². The molecule has 0 saturated heterocycles. The first-order valence-electron chi connectivity index (χ1n) is 5.15. The normalized spacial score (nSPS) is 11.6. The molecule has 0 amide bonds. The van der Waals surface area contributed by atoms with Crippen LogP contribution in [0.3, 0.4) is 0 Å². The highest BCUT2D eigenvalue weighted by molar-refractivity contribution is 7.91. The van der Waals surface area contributed by atoms with Gasteiger partial charge < -0.3 is 5.11 Å². The van der Waals surface area contributed by atoms with Gasteiger partial charge in [0.15, 0.2) is 9.84 Å². The van der Waals surface area contributed by atoms with Crippen LogP contribution in [0.4, 0.5) is 4.39 Å². The SMILES string of the molecule is O=S(=O)(CCCCCO)c1ccc(F)cc1. The lowest BCUT2D eigenvalue weighted by Crippen LogP contribution is -2.07. The van der Waals surface area contributed by atoms with Crippen LogP contribution in [0.5, 0.6) is 0 Å². The fourth-order valence-electron chi connectivity index (χ4n) is 1.34. The van der Waals surface area contributed by atoms with E-state index in [0.717, 1.165) is 12.1 Å². The molecule has 16 heavy (non-hydrogen) atoms. The molecule has 0 aromatic heterocycles. The van der Waals surface area contributed by atoms with Gasteiger partial charge >= 0.3 is 0 Å². The first-order valence-corrected chi connectivity index (χ1v) is 6.80. The van der Waals surface area contributed by atoms with E-state index in [2.05, 4.69) is 0 Å². The highest BCUT2D eigenvalue weighted by Gasteiger charge is 2.13. The summed E-state index contributed by atoms with van der Waals surface area (Å²) < 4.78 is 36.0. The molecule has 1 rings (SSSR count). The fourth-order valence-corrected chi connectivity index (χ4v) is 2.71. The van der Waals surface area contributed by atoms with Crippen LogP contribution in [0.2, 0.25) is 0 Å². The standard InChI is InChI=1S/C11H15FO3S/c12-10-4-6-11(7-5-10)16(14,15)9-3-1-2-8-13/h4-7,13H,1-3,8-9H2. The van der Waals surface area contributed by atoms with Crippen molar-refractivity contribution in [2.75, 3.05) is 12.4 Å². The zero-order valence-electron chi connectivity index (χ0n) is 8.89. The number of rotatable bonds is 6. The van der Waals surface area contributed by atoms with Crippen LogP contribution in [-0.2, 0) is 9.84 Å². The summed E-state index contributed by atoms with van der Waals surface area (Å²) in [6.07, 6.45) is 1.80. The van der Waals surface area contributed by atoms with Crippen molar-refractivity contribution in [2.24, 2.45) is 0 Å². The van der Waals surface area contributed by atoms with Gasteiger partial charge in [-0.2, -0.15) is 0 Å². The third kappa shape index (κ3) is 3.90. The summed E-state index contributed by atoms with van der Waals surface area (Å²) in [6, 6.07) is 4.83. The largest absolute Gasteiger partial charge is 0.396 e. The first-order chi connectivity index (χ1) is 7.56. The number of hydrogen-bond donors (Lipinski definition) is 1. The van der Waals surface area contributed by atoms with E-state index in [4.69, 9.17) is 5.11 Å². The third-order valence-electron chi connectivity index (χ3n) is 2.24. The Bertz CT molecular complexity index is 411. The van der Waals surface area contributed by atoms with Crippen molar-refractivity contribution in [1.29, 1.82) is 0 Å². The maximum atomic E-state index is 12.6. The molecule has 5 heteroatoms. The smallest absolute Gasteiger partial charge is 0.178 e. The summed E-state index contributed by atoms with van der Waals surface area (Å²) in [6.45, 7) is 0.0800. The van der Waals surface area contributed by atoms with E-state index < -0.39 is 15.7 Å². The van der Waals surface area contributed by atoms with Crippen LogP contribution in [-0.4, -0.2) is 25.9 Å². The lowest BCUT2D eigenvalue weighted by Gasteiger charge is -2.03. The number of benzene rings is 1. The molecule has 1 aromatic rings. The van der Waals surface area contributed by atoms with Crippen LogP contribution >= 0.6 is 0 Å². The molecule has 0 unspecified atom stereocenters. The van der Waals surface area contributed by atoms with Crippen molar-refractivity contribution >= 4 is 9.84 Å². The molecule has 0 aliphatic heterocycles. The molecule has 0 bridgehead atoms. The molecule has 0 spiro atoms. The van der Waals surface area contributed by atoms with Crippen molar-refractivity contribution in [1.82, 2.24) is 0 Å². The second-order valence-corrected chi connectivity index (χ2v) is 5.67. The molecule has 0 aliphatic rings. The van der Waals surface area contributed by atoms with Crippen molar-refractivity contribution in [2.45, 2.75) is 24.2 Å². The van der Waals surface area contributed by atoms with Crippen LogP contribution in [0.25, 0.3) is 0 Å². The van der Waals surface area contributed by atoms with E-state index in [1.807, 2.05) is 0 Å². The predicted molar refractivity (Wildman–Crippen MR) is 59.4 cm³/mol. The summed E-state index contributed by atoms with van der Waals surface area (Å²) in [7, 11) is -3.31. The molecule has 0 fully saturated rings. The number of aliphatic hydroxyl groups excluding tert-OH is 1. The summed E-state index contributed by atoms with van der Waals surface area (Å²) in [5, 5.41) is 8.55. The number of halogens is 1. The van der Waals surface area contributed by atoms with Gasteiger partial charge in [-0.05, 0) is 37.1 Å². The Balaban J connectivity index is 2.60. The molecule has 90 valence electrons. The van der Waals surface area contributed by atoms with Crippen LogP contribution in [0.15, 0.2) is 29.2 Å². The maximum absolute atomic E-state index is 12.6. The molecular weight excluding hydrogens is 231 g/mol. The Hall–Kier alpha value is -0.940. The summed E-state index contributed by atoms with van der Waals surface area (Å²) in [5.74, 6) is -0.405. The molecular formula is C11H15FO3S. The molecule has 1 aromatic carbocycles. The van der Waals surface area contributed by atoms with Crippen molar-refractivity contribution < 1.29 is 17.9 Å². The van der Waals surface area contributed by atoms with Crippen LogP contribution < -0.4 is 0 Å². The zero-order valence-corrected chi connectivity index (χ0v) is 9.71. The van der Waals surface area contributed by atoms with Gasteiger partial charge in [0.05, 0.1) is 10.6 Å². The van der Waals surface area contributed by atoms with E-state index >= 15 is 0 Å². The van der Waals surface area contributed by atoms with E-state index in [0.29, 0.717) is 19.3 Å². The van der Waals surface area contributed by atoms with E-state index in [9.17, 15) is 12.8 Å². The minimum Gasteiger partial charge on any atom is -0.396 e. The average Bonchev–Trinajstić information content (AvgIpc) is 2.25. The molecule has 0 atom stereocenters. The summed E-state index contributed by atoms with van der Waals surface area (Å²) >= 11 is 0. The number of aliphatic hydroxyl groups is 1. The van der Waals surface area contributed by atoms with Crippen LogP contribution in [0, 0.1) is 5.82 Å². The monoisotopic (exact) mass is 246 g/mol. The molecule has 3 nitrogen and oxygen atoms in total. The van der Waals surface area contributed by atoms with Crippen molar-refractivity contribution in [3.05, 3.63) is 30.1 Å². The molecule has 1 N–H and O–H groups in total. The first kappa shape index (κ1) is 13.1. The quantitative estimate of drug-likeness (QED) is 0.614.